The molecule has 1 fully saturated rings. The second kappa shape index (κ2) is 6.99. The summed E-state index contributed by atoms with van der Waals surface area (Å²) in [7, 11) is 1.79. The summed E-state index contributed by atoms with van der Waals surface area (Å²) in [6, 6.07) is 7.40. The summed E-state index contributed by atoms with van der Waals surface area (Å²) in [5, 5.41) is 3.02. The standard InChI is InChI=1S/C18H20N6O2/c1-19-14-7-3-2-6-13(14)18(25)26-9-12-5-4-8-24(12)17-15-16(21-10-20-15)22-11-23-17/h2-3,6-7,10-12,19H,4-5,8-9H2,1H3,(H,20,21,22,23)/t12-/m1/s1. The number of hydrogen-bond acceptors (Lipinski definition) is 7. The van der Waals surface area contributed by atoms with Crippen molar-refractivity contribution >= 4 is 28.6 Å². The molecule has 2 aromatic heterocycles. The van der Waals surface area contributed by atoms with Gasteiger partial charge in [-0.15, -0.1) is 0 Å². The fourth-order valence-corrected chi connectivity index (χ4v) is 3.38. The van der Waals surface area contributed by atoms with Crippen molar-refractivity contribution in [2.45, 2.75) is 18.9 Å². The summed E-state index contributed by atoms with van der Waals surface area (Å²) in [6.07, 6.45) is 5.10. The number of carbonyl (C=O) groups is 1. The molecule has 134 valence electrons. The van der Waals surface area contributed by atoms with E-state index in [-0.39, 0.29) is 12.0 Å². The Labute approximate surface area is 150 Å². The SMILES string of the molecule is CNc1ccccc1C(=O)OC[C@H]1CCCN1c1ncnc2[nH]cnc12. The first-order valence-electron chi connectivity index (χ1n) is 8.62. The van der Waals surface area contributed by atoms with Gasteiger partial charge in [0.2, 0.25) is 0 Å². The molecule has 0 aliphatic carbocycles. The molecule has 3 aromatic rings. The van der Waals surface area contributed by atoms with Gasteiger partial charge in [0, 0.05) is 19.3 Å². The first-order chi connectivity index (χ1) is 12.8. The minimum atomic E-state index is -0.325. The zero-order chi connectivity index (χ0) is 17.9. The second-order valence-electron chi connectivity index (χ2n) is 6.18. The van der Waals surface area contributed by atoms with E-state index in [0.717, 1.165) is 36.4 Å². The Morgan fingerprint density at radius 3 is 3.12 bits per heavy atom. The Hall–Kier alpha value is -3.16. The Balaban J connectivity index is 1.49. The van der Waals surface area contributed by atoms with E-state index in [9.17, 15) is 4.79 Å². The number of aromatic amines is 1. The molecule has 8 nitrogen and oxygen atoms in total. The molecule has 4 rings (SSSR count). The molecule has 0 bridgehead atoms. The fraction of sp³-hybridized carbons (Fsp3) is 0.333. The number of esters is 1. The molecule has 1 aliphatic rings. The molecule has 26 heavy (non-hydrogen) atoms. The Kier molecular flexibility index (Phi) is 4.39. The van der Waals surface area contributed by atoms with E-state index < -0.39 is 0 Å². The molecule has 1 aromatic carbocycles. The molecular weight excluding hydrogens is 332 g/mol. The Bertz CT molecular complexity index is 925. The molecule has 0 radical (unpaired) electrons. The number of carbonyl (C=O) groups excluding carboxylic acids is 1. The van der Waals surface area contributed by atoms with Crippen LogP contribution < -0.4 is 10.2 Å². The molecule has 1 saturated heterocycles. The third-order valence-electron chi connectivity index (χ3n) is 4.67. The van der Waals surface area contributed by atoms with Gasteiger partial charge in [0.1, 0.15) is 18.5 Å². The molecule has 3 heterocycles. The maximum Gasteiger partial charge on any atom is 0.340 e. The van der Waals surface area contributed by atoms with Crippen LogP contribution in [0.5, 0.6) is 0 Å². The molecular formula is C18H20N6O2. The first-order valence-corrected chi connectivity index (χ1v) is 8.62. The van der Waals surface area contributed by atoms with Crippen LogP contribution in [0.15, 0.2) is 36.9 Å². The van der Waals surface area contributed by atoms with Gasteiger partial charge in [0.05, 0.1) is 17.9 Å². The summed E-state index contributed by atoms with van der Waals surface area (Å²) in [4.78, 5) is 30.5. The summed E-state index contributed by atoms with van der Waals surface area (Å²) in [5.74, 6) is 0.458. The number of anilines is 2. The van der Waals surface area contributed by atoms with Crippen molar-refractivity contribution < 1.29 is 9.53 Å². The van der Waals surface area contributed by atoms with Crippen LogP contribution in [0.1, 0.15) is 23.2 Å². The number of fused-ring (bicyclic) bond motifs is 1. The predicted molar refractivity (Wildman–Crippen MR) is 98.3 cm³/mol. The number of hydrogen-bond donors (Lipinski definition) is 2. The fourth-order valence-electron chi connectivity index (χ4n) is 3.38. The lowest BCUT2D eigenvalue weighted by molar-refractivity contribution is 0.0484. The zero-order valence-electron chi connectivity index (χ0n) is 14.5. The van der Waals surface area contributed by atoms with Gasteiger partial charge in [-0.1, -0.05) is 12.1 Å². The number of benzene rings is 1. The molecule has 8 heteroatoms. The van der Waals surface area contributed by atoms with Crippen molar-refractivity contribution in [1.29, 1.82) is 0 Å². The van der Waals surface area contributed by atoms with Gasteiger partial charge in [0.15, 0.2) is 11.5 Å². The number of imidazole rings is 1. The lowest BCUT2D eigenvalue weighted by Gasteiger charge is -2.25. The van der Waals surface area contributed by atoms with Crippen LogP contribution in [-0.2, 0) is 4.74 Å². The molecule has 1 atom stereocenters. The molecule has 0 spiro atoms. The van der Waals surface area contributed by atoms with Crippen LogP contribution in [0.3, 0.4) is 0 Å². The average Bonchev–Trinajstić information content (AvgIpc) is 3.34. The number of para-hydroxylation sites is 1. The smallest absolute Gasteiger partial charge is 0.340 e. The molecule has 0 amide bonds. The van der Waals surface area contributed by atoms with Gasteiger partial charge in [-0.25, -0.2) is 19.7 Å². The summed E-state index contributed by atoms with van der Waals surface area (Å²) < 4.78 is 5.61. The van der Waals surface area contributed by atoms with Crippen molar-refractivity contribution in [1.82, 2.24) is 19.9 Å². The highest BCUT2D eigenvalue weighted by Gasteiger charge is 2.29. The number of aromatic nitrogens is 4. The Morgan fingerprint density at radius 2 is 2.23 bits per heavy atom. The predicted octanol–water partition coefficient (Wildman–Crippen LogP) is 2.22. The highest BCUT2D eigenvalue weighted by atomic mass is 16.5. The largest absolute Gasteiger partial charge is 0.460 e. The van der Waals surface area contributed by atoms with Gasteiger partial charge < -0.3 is 19.9 Å². The molecule has 2 N–H and O–H groups in total. The molecule has 0 unspecified atom stereocenters. The van der Waals surface area contributed by atoms with Gasteiger partial charge in [-0.3, -0.25) is 0 Å². The Morgan fingerprint density at radius 1 is 1.35 bits per heavy atom. The van der Waals surface area contributed by atoms with Crippen molar-refractivity contribution in [3.05, 3.63) is 42.5 Å². The number of H-pyrrole nitrogens is 1. The van der Waals surface area contributed by atoms with E-state index in [1.54, 1.807) is 19.4 Å². The van der Waals surface area contributed by atoms with Gasteiger partial charge >= 0.3 is 5.97 Å². The maximum absolute atomic E-state index is 12.5. The van der Waals surface area contributed by atoms with Crippen LogP contribution in [0, 0.1) is 0 Å². The summed E-state index contributed by atoms with van der Waals surface area (Å²) >= 11 is 0. The maximum atomic E-state index is 12.5. The topological polar surface area (TPSA) is 96.0 Å². The summed E-state index contributed by atoms with van der Waals surface area (Å²) in [5.41, 5.74) is 2.75. The van der Waals surface area contributed by atoms with Crippen LogP contribution in [-0.4, -0.2) is 52.1 Å². The normalized spacial score (nSPS) is 16.8. The van der Waals surface area contributed by atoms with Crippen LogP contribution in [0.4, 0.5) is 11.5 Å². The highest BCUT2D eigenvalue weighted by molar-refractivity contribution is 5.95. The second-order valence-corrected chi connectivity index (χ2v) is 6.18. The van der Waals surface area contributed by atoms with Gasteiger partial charge in [-0.2, -0.15) is 0 Å². The van der Waals surface area contributed by atoms with Crippen LogP contribution in [0.2, 0.25) is 0 Å². The zero-order valence-corrected chi connectivity index (χ0v) is 14.5. The van der Waals surface area contributed by atoms with E-state index in [1.165, 1.54) is 6.33 Å². The van der Waals surface area contributed by atoms with E-state index in [2.05, 4.69) is 30.2 Å². The minimum Gasteiger partial charge on any atom is -0.460 e. The van der Waals surface area contributed by atoms with E-state index in [4.69, 9.17) is 4.74 Å². The van der Waals surface area contributed by atoms with Crippen LogP contribution in [0.25, 0.3) is 11.2 Å². The van der Waals surface area contributed by atoms with Crippen molar-refractivity contribution in [2.75, 3.05) is 30.4 Å². The number of nitrogens with one attached hydrogen (secondary N) is 2. The first kappa shape index (κ1) is 16.3. The number of ether oxygens (including phenoxy) is 1. The number of nitrogens with zero attached hydrogens (tertiary/aromatic N) is 4. The highest BCUT2D eigenvalue weighted by Crippen LogP contribution is 2.28. The van der Waals surface area contributed by atoms with Crippen molar-refractivity contribution in [3.63, 3.8) is 0 Å². The molecule has 0 saturated carbocycles. The minimum absolute atomic E-state index is 0.0792. The number of rotatable bonds is 5. The van der Waals surface area contributed by atoms with E-state index in [0.29, 0.717) is 17.8 Å². The van der Waals surface area contributed by atoms with Crippen molar-refractivity contribution in [3.8, 4) is 0 Å². The van der Waals surface area contributed by atoms with Gasteiger partial charge in [-0.05, 0) is 25.0 Å². The van der Waals surface area contributed by atoms with Crippen LogP contribution >= 0.6 is 0 Å². The van der Waals surface area contributed by atoms with E-state index >= 15 is 0 Å². The third kappa shape index (κ3) is 2.94. The van der Waals surface area contributed by atoms with Crippen molar-refractivity contribution in [2.24, 2.45) is 0 Å². The lowest BCUT2D eigenvalue weighted by Crippen LogP contribution is -2.34. The van der Waals surface area contributed by atoms with E-state index in [1.807, 2.05) is 18.2 Å². The van der Waals surface area contributed by atoms with Gasteiger partial charge in [0.25, 0.3) is 0 Å². The lowest BCUT2D eigenvalue weighted by atomic mass is 10.2. The average molecular weight is 352 g/mol. The summed E-state index contributed by atoms with van der Waals surface area (Å²) in [6.45, 7) is 1.17. The third-order valence-corrected chi connectivity index (χ3v) is 4.67. The monoisotopic (exact) mass is 352 g/mol. The molecule has 1 aliphatic heterocycles. The quantitative estimate of drug-likeness (QED) is 0.680.